The third kappa shape index (κ3) is 3.09. The van der Waals surface area contributed by atoms with Crippen molar-refractivity contribution in [1.82, 2.24) is 9.88 Å². The molecular weight excluding hydrogens is 398 g/mol. The Morgan fingerprint density at radius 1 is 1.00 bits per heavy atom. The Hall–Kier alpha value is -3.71. The Morgan fingerprint density at radius 2 is 1.77 bits per heavy atom. The van der Waals surface area contributed by atoms with Crippen LogP contribution in [-0.4, -0.2) is 22.3 Å². The minimum absolute atomic E-state index is 0.112. The zero-order chi connectivity index (χ0) is 20.7. The summed E-state index contributed by atoms with van der Waals surface area (Å²) in [6.07, 6.45) is 0. The molecule has 3 amide bonds. The lowest BCUT2D eigenvalue weighted by atomic mass is 10.1. The number of rotatable bonds is 4. The van der Waals surface area contributed by atoms with Crippen molar-refractivity contribution in [2.24, 2.45) is 0 Å². The lowest BCUT2D eigenvalue weighted by Gasteiger charge is -2.27. The summed E-state index contributed by atoms with van der Waals surface area (Å²) in [5.41, 5.74) is 3.34. The van der Waals surface area contributed by atoms with Gasteiger partial charge in [0.15, 0.2) is 0 Å². The van der Waals surface area contributed by atoms with Gasteiger partial charge < -0.3 is 9.88 Å². The number of nitrogens with one attached hydrogen (secondary N) is 1. The van der Waals surface area contributed by atoms with E-state index in [1.54, 1.807) is 40.2 Å². The number of carbonyl (C=O) groups excluding carboxylic acids is 3. The zero-order valence-electron chi connectivity index (χ0n) is 15.9. The SMILES string of the molecule is O=C(NCc1ccccc1)c1ccc(N2C(=O)Cn3c(cc4sccc43)C2=O)cc1. The summed E-state index contributed by atoms with van der Waals surface area (Å²) < 4.78 is 2.75. The number of anilines is 1. The predicted molar refractivity (Wildman–Crippen MR) is 116 cm³/mol. The second-order valence-corrected chi connectivity index (χ2v) is 7.98. The van der Waals surface area contributed by atoms with E-state index < -0.39 is 0 Å². The monoisotopic (exact) mass is 415 g/mol. The molecule has 0 aliphatic carbocycles. The molecule has 0 bridgehead atoms. The molecule has 1 aliphatic heterocycles. The summed E-state index contributed by atoms with van der Waals surface area (Å²) in [7, 11) is 0. The van der Waals surface area contributed by atoms with E-state index in [-0.39, 0.29) is 24.3 Å². The van der Waals surface area contributed by atoms with Gasteiger partial charge in [-0.3, -0.25) is 14.4 Å². The summed E-state index contributed by atoms with van der Waals surface area (Å²) in [4.78, 5) is 39.3. The smallest absolute Gasteiger partial charge is 0.281 e. The van der Waals surface area contributed by atoms with Gasteiger partial charge in [0.25, 0.3) is 17.7 Å². The average molecular weight is 415 g/mol. The van der Waals surface area contributed by atoms with Crippen LogP contribution in [-0.2, 0) is 17.9 Å². The Labute approximate surface area is 176 Å². The fourth-order valence-corrected chi connectivity index (χ4v) is 4.48. The van der Waals surface area contributed by atoms with Crippen LogP contribution in [0.2, 0.25) is 0 Å². The lowest BCUT2D eigenvalue weighted by molar-refractivity contribution is -0.118. The normalized spacial score (nSPS) is 13.5. The van der Waals surface area contributed by atoms with Gasteiger partial charge in [-0.05, 0) is 47.3 Å². The highest BCUT2D eigenvalue weighted by Gasteiger charge is 2.33. The Kier molecular flexibility index (Phi) is 4.44. The van der Waals surface area contributed by atoms with Crippen LogP contribution < -0.4 is 10.2 Å². The number of fused-ring (bicyclic) bond motifs is 3. The molecule has 0 spiro atoms. The Bertz CT molecular complexity index is 1270. The number of carbonyl (C=O) groups is 3. The first-order valence-electron chi connectivity index (χ1n) is 9.48. The molecule has 30 heavy (non-hydrogen) atoms. The summed E-state index contributed by atoms with van der Waals surface area (Å²) >= 11 is 1.54. The highest BCUT2D eigenvalue weighted by Crippen LogP contribution is 2.30. The van der Waals surface area contributed by atoms with Crippen molar-refractivity contribution in [1.29, 1.82) is 0 Å². The zero-order valence-corrected chi connectivity index (χ0v) is 16.7. The minimum Gasteiger partial charge on any atom is -0.348 e. The van der Waals surface area contributed by atoms with E-state index in [9.17, 15) is 14.4 Å². The molecule has 5 rings (SSSR count). The van der Waals surface area contributed by atoms with Crippen LogP contribution in [0.3, 0.4) is 0 Å². The predicted octanol–water partition coefficient (Wildman–Crippen LogP) is 3.82. The average Bonchev–Trinajstić information content (AvgIpc) is 3.36. The quantitative estimate of drug-likeness (QED) is 0.515. The maximum atomic E-state index is 13.0. The Morgan fingerprint density at radius 3 is 2.53 bits per heavy atom. The third-order valence-corrected chi connectivity index (χ3v) is 6.02. The van der Waals surface area contributed by atoms with Crippen molar-refractivity contribution in [3.63, 3.8) is 0 Å². The van der Waals surface area contributed by atoms with Crippen molar-refractivity contribution >= 4 is 45.0 Å². The van der Waals surface area contributed by atoms with Gasteiger partial charge in [-0.25, -0.2) is 4.90 Å². The molecule has 148 valence electrons. The number of hydrogen-bond acceptors (Lipinski definition) is 4. The van der Waals surface area contributed by atoms with Crippen LogP contribution in [0.15, 0.2) is 72.1 Å². The molecule has 7 heteroatoms. The van der Waals surface area contributed by atoms with E-state index in [1.807, 2.05) is 47.8 Å². The number of benzene rings is 2. The fourth-order valence-electron chi connectivity index (χ4n) is 3.66. The van der Waals surface area contributed by atoms with Gasteiger partial charge in [0, 0.05) is 12.1 Å². The number of hydrogen-bond donors (Lipinski definition) is 1. The van der Waals surface area contributed by atoms with E-state index in [0.29, 0.717) is 23.5 Å². The fraction of sp³-hybridized carbons (Fsp3) is 0.0870. The molecule has 6 nitrogen and oxygen atoms in total. The van der Waals surface area contributed by atoms with Crippen LogP contribution in [0.5, 0.6) is 0 Å². The van der Waals surface area contributed by atoms with Gasteiger partial charge >= 0.3 is 0 Å². The largest absolute Gasteiger partial charge is 0.348 e. The molecule has 0 saturated heterocycles. The second-order valence-electron chi connectivity index (χ2n) is 7.04. The number of amides is 3. The molecule has 0 atom stereocenters. The summed E-state index contributed by atoms with van der Waals surface area (Å²) in [5, 5.41) is 4.81. The summed E-state index contributed by atoms with van der Waals surface area (Å²) in [6, 6.07) is 19.9. The van der Waals surface area contributed by atoms with Crippen molar-refractivity contribution in [2.45, 2.75) is 13.1 Å². The molecule has 2 aromatic carbocycles. The first kappa shape index (κ1) is 18.3. The minimum atomic E-state index is -0.351. The van der Waals surface area contributed by atoms with E-state index in [0.717, 1.165) is 15.8 Å². The molecule has 2 aromatic heterocycles. The molecule has 0 fully saturated rings. The molecule has 3 heterocycles. The molecule has 1 aliphatic rings. The van der Waals surface area contributed by atoms with Gasteiger partial charge in [-0.2, -0.15) is 0 Å². The molecule has 4 aromatic rings. The molecule has 0 unspecified atom stereocenters. The first-order chi connectivity index (χ1) is 14.6. The van der Waals surface area contributed by atoms with Gasteiger partial charge in [0.1, 0.15) is 12.2 Å². The van der Waals surface area contributed by atoms with Crippen molar-refractivity contribution in [2.75, 3.05) is 4.90 Å². The molecular formula is C23H17N3O3S. The molecule has 0 saturated carbocycles. The summed E-state index contributed by atoms with van der Waals surface area (Å²) in [6.45, 7) is 0.541. The highest BCUT2D eigenvalue weighted by atomic mass is 32.1. The van der Waals surface area contributed by atoms with E-state index in [2.05, 4.69) is 5.32 Å². The van der Waals surface area contributed by atoms with Gasteiger partial charge in [0.05, 0.1) is 15.9 Å². The van der Waals surface area contributed by atoms with E-state index >= 15 is 0 Å². The van der Waals surface area contributed by atoms with E-state index in [4.69, 9.17) is 0 Å². The van der Waals surface area contributed by atoms with Gasteiger partial charge in [0.2, 0.25) is 0 Å². The maximum Gasteiger partial charge on any atom is 0.281 e. The number of thiophene rings is 1. The first-order valence-corrected chi connectivity index (χ1v) is 10.4. The third-order valence-electron chi connectivity index (χ3n) is 5.17. The standard InChI is InChI=1S/C23H17N3O3S/c27-21-14-25-18-10-11-30-20(18)12-19(25)23(29)26(21)17-8-6-16(7-9-17)22(28)24-13-15-4-2-1-3-5-15/h1-12H,13-14H2,(H,24,28). The number of imide groups is 1. The molecule has 1 N–H and O–H groups in total. The van der Waals surface area contributed by atoms with E-state index in [1.165, 1.54) is 4.90 Å². The van der Waals surface area contributed by atoms with Crippen LogP contribution in [0.4, 0.5) is 5.69 Å². The van der Waals surface area contributed by atoms with Crippen LogP contribution in [0, 0.1) is 0 Å². The Balaban J connectivity index is 1.35. The van der Waals surface area contributed by atoms with Crippen molar-refractivity contribution < 1.29 is 14.4 Å². The van der Waals surface area contributed by atoms with Crippen LogP contribution in [0.1, 0.15) is 26.4 Å². The van der Waals surface area contributed by atoms with Crippen LogP contribution in [0.25, 0.3) is 10.2 Å². The topological polar surface area (TPSA) is 71.4 Å². The number of nitrogens with zero attached hydrogens (tertiary/aromatic N) is 2. The van der Waals surface area contributed by atoms with Gasteiger partial charge in [-0.1, -0.05) is 30.3 Å². The van der Waals surface area contributed by atoms with Crippen molar-refractivity contribution in [3.8, 4) is 0 Å². The highest BCUT2D eigenvalue weighted by molar-refractivity contribution is 7.17. The van der Waals surface area contributed by atoms with Crippen LogP contribution >= 0.6 is 11.3 Å². The summed E-state index contributed by atoms with van der Waals surface area (Å²) in [5.74, 6) is -0.857. The maximum absolute atomic E-state index is 13.0. The van der Waals surface area contributed by atoms with Gasteiger partial charge in [-0.15, -0.1) is 11.3 Å². The molecule has 0 radical (unpaired) electrons. The van der Waals surface area contributed by atoms with Crippen molar-refractivity contribution in [3.05, 3.63) is 88.9 Å². The number of aromatic nitrogens is 1. The lowest BCUT2D eigenvalue weighted by Crippen LogP contribution is -2.44. The second kappa shape index (κ2) is 7.27.